The van der Waals surface area contributed by atoms with Gasteiger partial charge in [-0.3, -0.25) is 4.79 Å². The molecule has 2 aromatic carbocycles. The summed E-state index contributed by atoms with van der Waals surface area (Å²) in [6, 6.07) is 17.9. The fourth-order valence-electron chi connectivity index (χ4n) is 2.43. The van der Waals surface area contributed by atoms with Crippen molar-refractivity contribution < 1.29 is 9.53 Å². The monoisotopic (exact) mass is 496 g/mol. The van der Waals surface area contributed by atoms with Gasteiger partial charge in [-0.05, 0) is 30.2 Å². The number of carbonyl (C=O) groups excluding carboxylic acids is 1. The van der Waals surface area contributed by atoms with Gasteiger partial charge >= 0.3 is 0 Å². The van der Waals surface area contributed by atoms with E-state index in [1.165, 1.54) is 5.56 Å². The fraction of sp³-hybridized carbons (Fsp3) is 0.333. The van der Waals surface area contributed by atoms with Crippen LogP contribution in [0, 0.1) is 0 Å². The zero-order valence-electron chi connectivity index (χ0n) is 16.6. The number of ether oxygens (including phenoxy) is 1. The molecule has 0 saturated carbocycles. The smallest absolute Gasteiger partial charge is 0.257 e. The predicted molar refractivity (Wildman–Crippen MR) is 124 cm³/mol. The van der Waals surface area contributed by atoms with Crippen LogP contribution in [-0.4, -0.2) is 44.0 Å². The second kappa shape index (κ2) is 13.0. The Morgan fingerprint density at radius 3 is 2.43 bits per heavy atom. The second-order valence-corrected chi connectivity index (χ2v) is 6.26. The third-order valence-corrected chi connectivity index (χ3v) is 3.77. The first-order valence-electron chi connectivity index (χ1n) is 9.06. The van der Waals surface area contributed by atoms with Crippen LogP contribution < -0.4 is 15.4 Å². The number of amides is 1. The molecule has 0 saturated heterocycles. The van der Waals surface area contributed by atoms with Crippen molar-refractivity contribution in [3.8, 4) is 5.75 Å². The Balaban J connectivity index is 0.00000392. The first-order chi connectivity index (χ1) is 13.1. The molecule has 2 N–H and O–H groups in total. The second-order valence-electron chi connectivity index (χ2n) is 6.26. The predicted octanol–water partition coefficient (Wildman–Crippen LogP) is 3.03. The first-order valence-corrected chi connectivity index (χ1v) is 9.06. The normalized spacial score (nSPS) is 10.6. The van der Waals surface area contributed by atoms with Gasteiger partial charge in [-0.2, -0.15) is 0 Å². The molecule has 2 aromatic rings. The van der Waals surface area contributed by atoms with Crippen LogP contribution in [-0.2, 0) is 17.9 Å². The molecule has 0 aliphatic heterocycles. The third kappa shape index (κ3) is 8.60. The third-order valence-electron chi connectivity index (χ3n) is 3.77. The van der Waals surface area contributed by atoms with Crippen LogP contribution in [0.1, 0.15) is 18.1 Å². The van der Waals surface area contributed by atoms with Gasteiger partial charge in [-0.1, -0.05) is 42.5 Å². The number of nitrogens with one attached hydrogen (secondary N) is 2. The van der Waals surface area contributed by atoms with E-state index in [1.54, 1.807) is 0 Å². The lowest BCUT2D eigenvalue weighted by Gasteiger charge is -2.18. The molecule has 28 heavy (non-hydrogen) atoms. The molecule has 0 aliphatic rings. The summed E-state index contributed by atoms with van der Waals surface area (Å²) in [5, 5.41) is 6.08. The van der Waals surface area contributed by atoms with Gasteiger partial charge < -0.3 is 20.3 Å². The first kappa shape index (κ1) is 23.7. The molecule has 0 unspecified atom stereocenters. The highest BCUT2D eigenvalue weighted by Crippen LogP contribution is 2.14. The number of carbonyl (C=O) groups is 1. The topological polar surface area (TPSA) is 66.0 Å². The molecule has 1 amide bonds. The van der Waals surface area contributed by atoms with E-state index in [4.69, 9.17) is 4.74 Å². The van der Waals surface area contributed by atoms with E-state index in [2.05, 4.69) is 27.8 Å². The Morgan fingerprint density at radius 1 is 1.04 bits per heavy atom. The van der Waals surface area contributed by atoms with Gasteiger partial charge in [-0.25, -0.2) is 4.99 Å². The molecule has 0 bridgehead atoms. The van der Waals surface area contributed by atoms with Gasteiger partial charge in [0, 0.05) is 27.2 Å². The summed E-state index contributed by atoms with van der Waals surface area (Å²) in [5.74, 6) is 1.35. The lowest BCUT2D eigenvalue weighted by molar-refractivity contribution is -0.122. The summed E-state index contributed by atoms with van der Waals surface area (Å²) >= 11 is 0. The van der Waals surface area contributed by atoms with Crippen LogP contribution >= 0.6 is 24.0 Å². The minimum absolute atomic E-state index is 0. The lowest BCUT2D eigenvalue weighted by Crippen LogP contribution is -2.36. The van der Waals surface area contributed by atoms with Gasteiger partial charge in [0.05, 0.1) is 6.54 Å². The van der Waals surface area contributed by atoms with Crippen LogP contribution in [0.5, 0.6) is 5.75 Å². The van der Waals surface area contributed by atoms with E-state index >= 15 is 0 Å². The molecule has 0 aromatic heterocycles. The standard InChI is InChI=1S/C21H28N4O2.HI/c1-4-22-20(26)16-27-19-12-8-11-18(13-19)15-24-21(25(2)3)23-14-17-9-6-5-7-10-17;/h5-13H,4,14-16H2,1-3H3,(H,22,26)(H,23,24);1H. The SMILES string of the molecule is CCNC(=O)COc1cccc(CN=C(NCc2ccccc2)N(C)C)c1.I. The van der Waals surface area contributed by atoms with E-state index < -0.39 is 0 Å². The molecular weight excluding hydrogens is 467 g/mol. The van der Waals surface area contributed by atoms with Crippen LogP contribution in [0.3, 0.4) is 0 Å². The van der Waals surface area contributed by atoms with Crippen molar-refractivity contribution in [3.63, 3.8) is 0 Å². The largest absolute Gasteiger partial charge is 0.484 e. The zero-order valence-corrected chi connectivity index (χ0v) is 19.0. The van der Waals surface area contributed by atoms with Crippen molar-refractivity contribution >= 4 is 35.8 Å². The average molecular weight is 496 g/mol. The molecule has 0 atom stereocenters. The molecule has 2 rings (SSSR count). The van der Waals surface area contributed by atoms with Crippen molar-refractivity contribution in [1.82, 2.24) is 15.5 Å². The van der Waals surface area contributed by atoms with Crippen LogP contribution in [0.15, 0.2) is 59.6 Å². The maximum atomic E-state index is 11.5. The number of rotatable bonds is 8. The quantitative estimate of drug-likeness (QED) is 0.335. The summed E-state index contributed by atoms with van der Waals surface area (Å²) in [6.07, 6.45) is 0. The summed E-state index contributed by atoms with van der Waals surface area (Å²) in [4.78, 5) is 18.1. The number of benzene rings is 2. The number of halogens is 1. The Bertz CT molecular complexity index is 751. The van der Waals surface area contributed by atoms with E-state index in [1.807, 2.05) is 68.4 Å². The van der Waals surface area contributed by atoms with Gasteiger partial charge in [-0.15, -0.1) is 24.0 Å². The maximum absolute atomic E-state index is 11.5. The lowest BCUT2D eigenvalue weighted by atomic mass is 10.2. The maximum Gasteiger partial charge on any atom is 0.257 e. The van der Waals surface area contributed by atoms with E-state index in [9.17, 15) is 4.79 Å². The minimum Gasteiger partial charge on any atom is -0.484 e. The summed E-state index contributed by atoms with van der Waals surface area (Å²) in [5.41, 5.74) is 2.22. The molecule has 7 heteroatoms. The Kier molecular flexibility index (Phi) is 11.0. The molecule has 0 spiro atoms. The number of hydrogen-bond donors (Lipinski definition) is 2. The molecule has 6 nitrogen and oxygen atoms in total. The Labute approximate surface area is 184 Å². The highest BCUT2D eigenvalue weighted by Gasteiger charge is 2.04. The highest BCUT2D eigenvalue weighted by atomic mass is 127. The Morgan fingerprint density at radius 2 is 1.75 bits per heavy atom. The Hall–Kier alpha value is -2.29. The van der Waals surface area contributed by atoms with E-state index in [0.717, 1.165) is 11.5 Å². The molecule has 0 heterocycles. The van der Waals surface area contributed by atoms with E-state index in [0.29, 0.717) is 25.4 Å². The number of aliphatic imine (C=N–C) groups is 1. The van der Waals surface area contributed by atoms with Gasteiger partial charge in [0.25, 0.3) is 5.91 Å². The van der Waals surface area contributed by atoms with Gasteiger partial charge in [0.2, 0.25) is 0 Å². The van der Waals surface area contributed by atoms with Crippen molar-refractivity contribution in [2.45, 2.75) is 20.0 Å². The molecule has 0 radical (unpaired) electrons. The average Bonchev–Trinajstić information content (AvgIpc) is 2.67. The fourth-order valence-corrected chi connectivity index (χ4v) is 2.43. The number of guanidine groups is 1. The van der Waals surface area contributed by atoms with Crippen LogP contribution in [0.25, 0.3) is 0 Å². The summed E-state index contributed by atoms with van der Waals surface area (Å²) in [7, 11) is 3.92. The van der Waals surface area contributed by atoms with Crippen LogP contribution in [0.4, 0.5) is 0 Å². The van der Waals surface area contributed by atoms with Crippen LogP contribution in [0.2, 0.25) is 0 Å². The number of hydrogen-bond acceptors (Lipinski definition) is 3. The molecule has 152 valence electrons. The summed E-state index contributed by atoms with van der Waals surface area (Å²) < 4.78 is 5.53. The summed E-state index contributed by atoms with van der Waals surface area (Å²) in [6.45, 7) is 3.73. The van der Waals surface area contributed by atoms with Gasteiger partial charge in [0.15, 0.2) is 12.6 Å². The van der Waals surface area contributed by atoms with Gasteiger partial charge in [0.1, 0.15) is 5.75 Å². The van der Waals surface area contributed by atoms with Crippen molar-refractivity contribution in [1.29, 1.82) is 0 Å². The number of nitrogens with zero attached hydrogens (tertiary/aromatic N) is 2. The highest BCUT2D eigenvalue weighted by molar-refractivity contribution is 14.0. The molecule has 0 fully saturated rings. The van der Waals surface area contributed by atoms with Crippen molar-refractivity contribution in [3.05, 3.63) is 65.7 Å². The van der Waals surface area contributed by atoms with E-state index in [-0.39, 0.29) is 36.5 Å². The number of likely N-dealkylation sites (N-methyl/N-ethyl adjacent to an activating group) is 1. The van der Waals surface area contributed by atoms with Crippen molar-refractivity contribution in [2.24, 2.45) is 4.99 Å². The zero-order chi connectivity index (χ0) is 19.5. The van der Waals surface area contributed by atoms with Crippen molar-refractivity contribution in [2.75, 3.05) is 27.2 Å². The minimum atomic E-state index is -0.124. The molecular formula is C21H29IN4O2. The molecule has 0 aliphatic carbocycles.